The Hall–Kier alpha value is -2.63. The molecule has 0 aliphatic rings. The number of ether oxygens (including phenoxy) is 2. The minimum atomic E-state index is 0.196. The monoisotopic (exact) mass is 462 g/mol. The fraction of sp³-hybridized carbons (Fsp3) is 0.292. The molecule has 0 saturated heterocycles. The third-order valence-corrected chi connectivity index (χ3v) is 5.39. The number of rotatable bonds is 11. The van der Waals surface area contributed by atoms with Crippen LogP contribution in [0.3, 0.4) is 0 Å². The van der Waals surface area contributed by atoms with E-state index in [0.717, 1.165) is 5.57 Å². The number of benzene rings is 2. The van der Waals surface area contributed by atoms with Crippen molar-refractivity contribution in [2.45, 2.75) is 32.6 Å². The van der Waals surface area contributed by atoms with Crippen molar-refractivity contribution in [1.29, 1.82) is 0 Å². The van der Waals surface area contributed by atoms with Gasteiger partial charge in [0, 0.05) is 12.8 Å². The van der Waals surface area contributed by atoms with E-state index in [-0.39, 0.29) is 27.3 Å². The summed E-state index contributed by atoms with van der Waals surface area (Å²) in [4.78, 5) is 34.8. The van der Waals surface area contributed by atoms with E-state index in [1.165, 1.54) is 14.2 Å². The highest BCUT2D eigenvalue weighted by Crippen LogP contribution is 2.37. The van der Waals surface area contributed by atoms with Gasteiger partial charge in [-0.3, -0.25) is 14.4 Å². The first kappa shape index (κ1) is 24.6. The molecule has 164 valence electrons. The highest BCUT2D eigenvalue weighted by Gasteiger charge is 2.17. The Kier molecular flexibility index (Phi) is 9.28. The first-order valence-corrected chi connectivity index (χ1v) is 10.5. The predicted octanol–water partition coefficient (Wildman–Crippen LogP) is 6.22. The van der Waals surface area contributed by atoms with Crippen LogP contribution >= 0.6 is 23.2 Å². The lowest BCUT2D eigenvalue weighted by molar-refractivity contribution is -0.118. The van der Waals surface area contributed by atoms with Crippen LogP contribution in [0.2, 0.25) is 10.0 Å². The molecule has 0 heterocycles. The second-order valence-electron chi connectivity index (χ2n) is 6.80. The van der Waals surface area contributed by atoms with Crippen molar-refractivity contribution in [2.75, 3.05) is 14.2 Å². The van der Waals surface area contributed by atoms with Gasteiger partial charge in [0.15, 0.2) is 12.6 Å². The molecule has 0 saturated carbocycles. The van der Waals surface area contributed by atoms with Gasteiger partial charge in [-0.2, -0.15) is 0 Å². The average molecular weight is 463 g/mol. The lowest BCUT2D eigenvalue weighted by Crippen LogP contribution is -1.99. The number of unbranched alkanes of at least 4 members (excludes halogenated alkanes) is 1. The SMILES string of the molecule is CCC(=O)CCCC=C(c1cc(Cl)c(OC)c(C=O)c1)c1cc(Cl)c(OC)c(C=O)c1. The first-order valence-electron chi connectivity index (χ1n) is 9.78. The lowest BCUT2D eigenvalue weighted by atomic mass is 9.93. The molecule has 0 aliphatic heterocycles. The minimum Gasteiger partial charge on any atom is -0.494 e. The van der Waals surface area contributed by atoms with Gasteiger partial charge in [-0.25, -0.2) is 0 Å². The summed E-state index contributed by atoms with van der Waals surface area (Å²) in [5.41, 5.74) is 2.64. The zero-order valence-corrected chi connectivity index (χ0v) is 19.2. The highest BCUT2D eigenvalue weighted by atomic mass is 35.5. The Labute approximate surface area is 191 Å². The summed E-state index contributed by atoms with van der Waals surface area (Å²) in [7, 11) is 2.88. The maximum absolute atomic E-state index is 11.6. The molecule has 2 aromatic carbocycles. The van der Waals surface area contributed by atoms with Gasteiger partial charge < -0.3 is 9.47 Å². The van der Waals surface area contributed by atoms with Crippen molar-refractivity contribution < 1.29 is 23.9 Å². The van der Waals surface area contributed by atoms with Gasteiger partial charge in [0.05, 0.1) is 35.4 Å². The summed E-state index contributed by atoms with van der Waals surface area (Å²) < 4.78 is 10.5. The maximum atomic E-state index is 11.6. The number of Topliss-reactive ketones (excluding diaryl/α,β-unsaturated/α-hetero) is 1. The predicted molar refractivity (Wildman–Crippen MR) is 123 cm³/mol. The van der Waals surface area contributed by atoms with Gasteiger partial charge in [0.1, 0.15) is 17.3 Å². The molecule has 0 unspecified atom stereocenters. The largest absolute Gasteiger partial charge is 0.494 e. The van der Waals surface area contributed by atoms with Gasteiger partial charge >= 0.3 is 0 Å². The molecule has 5 nitrogen and oxygen atoms in total. The van der Waals surface area contributed by atoms with Crippen LogP contribution in [0.4, 0.5) is 0 Å². The summed E-state index contributed by atoms with van der Waals surface area (Å²) in [5, 5.41) is 0.564. The van der Waals surface area contributed by atoms with Crippen LogP contribution in [0.5, 0.6) is 11.5 Å². The molecule has 0 amide bonds. The van der Waals surface area contributed by atoms with Crippen molar-refractivity contribution in [1.82, 2.24) is 0 Å². The molecule has 0 aromatic heterocycles. The Bertz CT molecular complexity index is 944. The zero-order chi connectivity index (χ0) is 23.0. The molecule has 31 heavy (non-hydrogen) atoms. The van der Waals surface area contributed by atoms with E-state index in [1.807, 2.05) is 13.0 Å². The van der Waals surface area contributed by atoms with E-state index < -0.39 is 0 Å². The van der Waals surface area contributed by atoms with E-state index in [4.69, 9.17) is 32.7 Å². The molecule has 0 aliphatic carbocycles. The van der Waals surface area contributed by atoms with Crippen LogP contribution in [0.15, 0.2) is 30.3 Å². The molecular formula is C24H24Cl2O5. The molecule has 0 fully saturated rings. The van der Waals surface area contributed by atoms with Crippen LogP contribution in [0, 0.1) is 0 Å². The van der Waals surface area contributed by atoms with E-state index in [0.29, 0.717) is 60.5 Å². The van der Waals surface area contributed by atoms with Crippen LogP contribution in [0.1, 0.15) is 64.4 Å². The first-order chi connectivity index (χ1) is 14.9. The molecule has 0 atom stereocenters. The van der Waals surface area contributed by atoms with Crippen molar-refractivity contribution in [3.8, 4) is 11.5 Å². The molecule has 0 bridgehead atoms. The number of hydrogen-bond donors (Lipinski definition) is 0. The van der Waals surface area contributed by atoms with Crippen molar-refractivity contribution >= 4 is 47.1 Å². The molecular weight excluding hydrogens is 439 g/mol. The summed E-state index contributed by atoms with van der Waals surface area (Å²) in [6.07, 6.45) is 5.55. The second-order valence-corrected chi connectivity index (χ2v) is 7.61. The molecule has 7 heteroatoms. The number of aldehydes is 2. The van der Waals surface area contributed by atoms with Gasteiger partial charge in [-0.05, 0) is 53.8 Å². The zero-order valence-electron chi connectivity index (χ0n) is 17.7. The number of ketones is 1. The minimum absolute atomic E-state index is 0.196. The summed E-state index contributed by atoms with van der Waals surface area (Å²) in [6.45, 7) is 1.84. The van der Waals surface area contributed by atoms with Gasteiger partial charge in [-0.1, -0.05) is 36.2 Å². The maximum Gasteiger partial charge on any atom is 0.153 e. The molecule has 2 rings (SSSR count). The standard InChI is InChI=1S/C24H24Cl2O5/c1-4-19(29)7-5-6-8-20(15-9-17(13-27)23(30-2)21(25)11-15)16-10-18(14-28)24(31-3)22(26)12-16/h8-14H,4-7H2,1-3H3. The Balaban J connectivity index is 2.61. The topological polar surface area (TPSA) is 69.7 Å². The van der Waals surface area contributed by atoms with E-state index in [9.17, 15) is 14.4 Å². The Morgan fingerprint density at radius 3 is 1.77 bits per heavy atom. The Morgan fingerprint density at radius 2 is 1.39 bits per heavy atom. The number of carbonyl (C=O) groups excluding carboxylic acids is 3. The fourth-order valence-electron chi connectivity index (χ4n) is 3.27. The van der Waals surface area contributed by atoms with Crippen LogP contribution in [0.25, 0.3) is 5.57 Å². The molecule has 0 N–H and O–H groups in total. The summed E-state index contributed by atoms with van der Waals surface area (Å²) in [6, 6.07) is 6.71. The van der Waals surface area contributed by atoms with Gasteiger partial charge in [0.2, 0.25) is 0 Å². The number of halogens is 2. The average Bonchev–Trinajstić information content (AvgIpc) is 2.77. The van der Waals surface area contributed by atoms with Gasteiger partial charge in [-0.15, -0.1) is 0 Å². The smallest absolute Gasteiger partial charge is 0.153 e. The number of hydrogen-bond acceptors (Lipinski definition) is 5. The quantitative estimate of drug-likeness (QED) is 0.293. The van der Waals surface area contributed by atoms with Crippen molar-refractivity contribution in [2.24, 2.45) is 0 Å². The lowest BCUT2D eigenvalue weighted by Gasteiger charge is -2.15. The van der Waals surface area contributed by atoms with Crippen LogP contribution in [-0.2, 0) is 4.79 Å². The van der Waals surface area contributed by atoms with E-state index in [2.05, 4.69) is 0 Å². The number of methoxy groups -OCH3 is 2. The van der Waals surface area contributed by atoms with Crippen molar-refractivity contribution in [3.05, 3.63) is 62.6 Å². The molecule has 0 spiro atoms. The number of carbonyl (C=O) groups is 3. The highest BCUT2D eigenvalue weighted by molar-refractivity contribution is 6.33. The van der Waals surface area contributed by atoms with E-state index in [1.54, 1.807) is 24.3 Å². The third-order valence-electron chi connectivity index (χ3n) is 4.83. The normalized spacial score (nSPS) is 10.4. The van der Waals surface area contributed by atoms with Crippen LogP contribution in [-0.4, -0.2) is 32.6 Å². The molecule has 2 aromatic rings. The Morgan fingerprint density at radius 1 is 0.903 bits per heavy atom. The van der Waals surface area contributed by atoms with Crippen molar-refractivity contribution in [3.63, 3.8) is 0 Å². The second kappa shape index (κ2) is 11.7. The summed E-state index contributed by atoms with van der Waals surface area (Å²) in [5.74, 6) is 0.769. The van der Waals surface area contributed by atoms with E-state index >= 15 is 0 Å². The third kappa shape index (κ3) is 5.96. The van der Waals surface area contributed by atoms with Crippen LogP contribution < -0.4 is 9.47 Å². The molecule has 0 radical (unpaired) electrons. The number of allylic oxidation sites excluding steroid dienone is 1. The summed E-state index contributed by atoms with van der Waals surface area (Å²) >= 11 is 12.7. The van der Waals surface area contributed by atoms with Gasteiger partial charge in [0.25, 0.3) is 0 Å². The fourth-order valence-corrected chi connectivity index (χ4v) is 3.88.